The van der Waals surface area contributed by atoms with Crippen LogP contribution in [0.3, 0.4) is 0 Å². The van der Waals surface area contributed by atoms with Gasteiger partial charge in [0.05, 0.1) is 6.04 Å². The van der Waals surface area contributed by atoms with Crippen molar-refractivity contribution < 1.29 is 9.53 Å². The van der Waals surface area contributed by atoms with Crippen LogP contribution >= 0.6 is 0 Å². The third-order valence-corrected chi connectivity index (χ3v) is 5.43. The van der Waals surface area contributed by atoms with E-state index >= 15 is 0 Å². The largest absolute Gasteiger partial charge is 0.457 e. The van der Waals surface area contributed by atoms with Crippen molar-refractivity contribution in [1.29, 1.82) is 0 Å². The Kier molecular flexibility index (Phi) is 5.50. The Morgan fingerprint density at radius 2 is 1.79 bits per heavy atom. The summed E-state index contributed by atoms with van der Waals surface area (Å²) in [5.41, 5.74) is 8.06. The molecule has 0 aliphatic carbocycles. The zero-order chi connectivity index (χ0) is 19.5. The van der Waals surface area contributed by atoms with Gasteiger partial charge >= 0.3 is 6.03 Å². The fourth-order valence-electron chi connectivity index (χ4n) is 4.02. The number of piperidine rings is 1. The molecule has 2 saturated heterocycles. The van der Waals surface area contributed by atoms with Crippen LogP contribution in [0, 0.1) is 5.92 Å². The summed E-state index contributed by atoms with van der Waals surface area (Å²) in [4.78, 5) is 14.4. The molecule has 0 radical (unpaired) electrons. The number of hydrazine groups is 1. The van der Waals surface area contributed by atoms with Gasteiger partial charge in [-0.2, -0.15) is 0 Å². The molecular formula is C22H28N4O2. The Labute approximate surface area is 166 Å². The molecule has 2 aromatic carbocycles. The summed E-state index contributed by atoms with van der Waals surface area (Å²) in [7, 11) is 0. The van der Waals surface area contributed by atoms with Gasteiger partial charge in [0.1, 0.15) is 11.5 Å². The monoisotopic (exact) mass is 380 g/mol. The van der Waals surface area contributed by atoms with Crippen molar-refractivity contribution in [1.82, 2.24) is 21.1 Å². The number of hydrogen-bond acceptors (Lipinski definition) is 4. The Hall–Kier alpha value is -2.57. The Bertz CT molecular complexity index is 794. The second-order valence-electron chi connectivity index (χ2n) is 7.86. The van der Waals surface area contributed by atoms with Crippen molar-refractivity contribution in [2.45, 2.75) is 38.4 Å². The summed E-state index contributed by atoms with van der Waals surface area (Å²) < 4.78 is 5.89. The van der Waals surface area contributed by atoms with Crippen molar-refractivity contribution in [3.63, 3.8) is 0 Å². The Balaban J connectivity index is 1.43. The summed E-state index contributed by atoms with van der Waals surface area (Å²) in [6.45, 7) is 5.51. The molecule has 2 aromatic rings. The molecule has 148 valence electrons. The van der Waals surface area contributed by atoms with Gasteiger partial charge in [-0.05, 0) is 50.1 Å². The molecule has 3 atom stereocenters. The van der Waals surface area contributed by atoms with Gasteiger partial charge in [-0.3, -0.25) is 5.43 Å². The van der Waals surface area contributed by atoms with Gasteiger partial charge in [0.15, 0.2) is 0 Å². The molecule has 28 heavy (non-hydrogen) atoms. The van der Waals surface area contributed by atoms with Crippen LogP contribution in [-0.4, -0.2) is 36.1 Å². The van der Waals surface area contributed by atoms with Crippen molar-refractivity contribution >= 4 is 6.03 Å². The van der Waals surface area contributed by atoms with Crippen LogP contribution in [-0.2, 0) is 0 Å². The number of urea groups is 1. The SMILES string of the molecule is CC(C)NC(=O)N1CCC2NNC(c3ccc(Oc4ccccc4)cc3)C2C1. The molecule has 0 saturated carbocycles. The van der Waals surface area contributed by atoms with E-state index in [1.165, 1.54) is 5.56 Å². The van der Waals surface area contributed by atoms with Gasteiger partial charge in [0.2, 0.25) is 0 Å². The van der Waals surface area contributed by atoms with Crippen LogP contribution in [0.1, 0.15) is 31.9 Å². The van der Waals surface area contributed by atoms with Crippen LogP contribution in [0.2, 0.25) is 0 Å². The topological polar surface area (TPSA) is 65.6 Å². The lowest BCUT2D eigenvalue weighted by Gasteiger charge is -2.36. The minimum atomic E-state index is 0.0331. The number of benzene rings is 2. The van der Waals surface area contributed by atoms with Gasteiger partial charge in [-0.15, -0.1) is 0 Å². The number of amides is 2. The molecule has 2 fully saturated rings. The second kappa shape index (κ2) is 8.20. The number of ether oxygens (including phenoxy) is 1. The maximum Gasteiger partial charge on any atom is 0.317 e. The molecule has 2 aliphatic heterocycles. The molecule has 6 heteroatoms. The highest BCUT2D eigenvalue weighted by atomic mass is 16.5. The van der Waals surface area contributed by atoms with Crippen LogP contribution in [0.15, 0.2) is 54.6 Å². The van der Waals surface area contributed by atoms with Crippen LogP contribution in [0.4, 0.5) is 4.79 Å². The summed E-state index contributed by atoms with van der Waals surface area (Å²) >= 11 is 0. The van der Waals surface area contributed by atoms with Crippen molar-refractivity contribution in [3.8, 4) is 11.5 Å². The fourth-order valence-corrected chi connectivity index (χ4v) is 4.02. The molecule has 3 unspecified atom stereocenters. The number of likely N-dealkylation sites (tertiary alicyclic amines) is 1. The number of nitrogens with zero attached hydrogens (tertiary/aromatic N) is 1. The van der Waals surface area contributed by atoms with Crippen molar-refractivity contribution in [3.05, 3.63) is 60.2 Å². The molecule has 2 heterocycles. The number of carbonyl (C=O) groups excluding carboxylic acids is 1. The molecule has 0 spiro atoms. The third-order valence-electron chi connectivity index (χ3n) is 5.43. The normalized spacial score (nSPS) is 24.1. The first kappa shape index (κ1) is 18.8. The van der Waals surface area contributed by atoms with Crippen molar-refractivity contribution in [2.24, 2.45) is 5.92 Å². The quantitative estimate of drug-likeness (QED) is 0.760. The van der Waals surface area contributed by atoms with Gasteiger partial charge < -0.3 is 15.0 Å². The molecule has 3 N–H and O–H groups in total. The lowest BCUT2D eigenvalue weighted by Crippen LogP contribution is -2.52. The second-order valence-corrected chi connectivity index (χ2v) is 7.86. The minimum absolute atomic E-state index is 0.0331. The van der Waals surface area contributed by atoms with Gasteiger partial charge in [0, 0.05) is 31.1 Å². The highest BCUT2D eigenvalue weighted by molar-refractivity contribution is 5.74. The average molecular weight is 380 g/mol. The third kappa shape index (κ3) is 4.13. The standard InChI is InChI=1S/C22H28N4O2/c1-15(2)23-22(27)26-13-12-20-19(14-26)21(25-24-20)16-8-10-18(11-9-16)28-17-6-4-3-5-7-17/h3-11,15,19-21,24-25H,12-14H2,1-2H3,(H,23,27). The molecule has 0 aromatic heterocycles. The maximum atomic E-state index is 12.4. The zero-order valence-corrected chi connectivity index (χ0v) is 16.4. The highest BCUT2D eigenvalue weighted by Crippen LogP contribution is 2.34. The molecule has 2 aliphatic rings. The molecule has 2 amide bonds. The van der Waals surface area contributed by atoms with Gasteiger partial charge in [0.25, 0.3) is 0 Å². The molecule has 0 bridgehead atoms. The van der Waals surface area contributed by atoms with E-state index in [4.69, 9.17) is 4.74 Å². The molecule has 4 rings (SSSR count). The van der Waals surface area contributed by atoms with E-state index in [9.17, 15) is 4.79 Å². The van der Waals surface area contributed by atoms with Crippen LogP contribution in [0.25, 0.3) is 0 Å². The zero-order valence-electron chi connectivity index (χ0n) is 16.4. The number of hydrogen-bond donors (Lipinski definition) is 3. The van der Waals surface area contributed by atoms with E-state index in [0.29, 0.717) is 12.0 Å². The average Bonchev–Trinajstić information content (AvgIpc) is 3.12. The van der Waals surface area contributed by atoms with Gasteiger partial charge in [-0.1, -0.05) is 30.3 Å². The highest BCUT2D eigenvalue weighted by Gasteiger charge is 2.41. The summed E-state index contributed by atoms with van der Waals surface area (Å²) in [5, 5.41) is 3.01. The minimum Gasteiger partial charge on any atom is -0.457 e. The summed E-state index contributed by atoms with van der Waals surface area (Å²) in [5.74, 6) is 1.99. The number of rotatable bonds is 4. The van der Waals surface area contributed by atoms with Crippen molar-refractivity contribution in [2.75, 3.05) is 13.1 Å². The number of nitrogens with one attached hydrogen (secondary N) is 3. The molecular weight excluding hydrogens is 352 g/mol. The van der Waals surface area contributed by atoms with Gasteiger partial charge in [-0.25, -0.2) is 10.2 Å². The predicted octanol–water partition coefficient (Wildman–Crippen LogP) is 3.44. The number of fused-ring (bicyclic) bond motifs is 1. The number of carbonyl (C=O) groups is 1. The molecule has 6 nitrogen and oxygen atoms in total. The van der Waals surface area contributed by atoms with Crippen LogP contribution < -0.4 is 20.9 Å². The van der Waals surface area contributed by atoms with E-state index in [-0.39, 0.29) is 18.1 Å². The van der Waals surface area contributed by atoms with Crippen LogP contribution in [0.5, 0.6) is 11.5 Å². The summed E-state index contributed by atoms with van der Waals surface area (Å²) in [6.07, 6.45) is 0.953. The van der Waals surface area contributed by atoms with E-state index in [2.05, 4.69) is 28.3 Å². The van der Waals surface area contributed by atoms with E-state index < -0.39 is 0 Å². The van der Waals surface area contributed by atoms with E-state index in [0.717, 1.165) is 31.0 Å². The fraction of sp³-hybridized carbons (Fsp3) is 0.409. The van der Waals surface area contributed by atoms with E-state index in [1.54, 1.807) is 0 Å². The van der Waals surface area contributed by atoms with E-state index in [1.807, 2.05) is 61.2 Å². The number of para-hydroxylation sites is 1. The first-order valence-electron chi connectivity index (χ1n) is 9.99. The first-order valence-corrected chi connectivity index (χ1v) is 9.99. The maximum absolute atomic E-state index is 12.4. The lowest BCUT2D eigenvalue weighted by molar-refractivity contribution is 0.153. The predicted molar refractivity (Wildman–Crippen MR) is 109 cm³/mol. The lowest BCUT2D eigenvalue weighted by atomic mass is 9.85. The summed E-state index contributed by atoms with van der Waals surface area (Å²) in [6, 6.07) is 18.7. The Morgan fingerprint density at radius 1 is 1.07 bits per heavy atom. The Morgan fingerprint density at radius 3 is 2.50 bits per heavy atom. The first-order chi connectivity index (χ1) is 13.6. The smallest absolute Gasteiger partial charge is 0.317 e.